The fourth-order valence-electron chi connectivity index (χ4n) is 4.24. The monoisotopic (exact) mass is 599 g/mol. The number of anilines is 1. The maximum absolute atomic E-state index is 14.1. The highest BCUT2D eigenvalue weighted by Crippen LogP contribution is 2.33. The van der Waals surface area contributed by atoms with Crippen LogP contribution in [0.5, 0.6) is 5.75 Å². The van der Waals surface area contributed by atoms with Gasteiger partial charge < -0.3 is 15.0 Å². The summed E-state index contributed by atoms with van der Waals surface area (Å²) in [6.45, 7) is 9.10. The van der Waals surface area contributed by atoms with Gasteiger partial charge in [-0.2, -0.15) is 0 Å². The Hall–Kier alpha value is -3.56. The van der Waals surface area contributed by atoms with Gasteiger partial charge >= 0.3 is 0 Å². The van der Waals surface area contributed by atoms with Gasteiger partial charge in [0.2, 0.25) is 11.8 Å². The van der Waals surface area contributed by atoms with E-state index < -0.39 is 28.5 Å². The van der Waals surface area contributed by atoms with Crippen LogP contribution in [0.15, 0.2) is 77.7 Å². The average Bonchev–Trinajstić information content (AvgIpc) is 2.95. The van der Waals surface area contributed by atoms with E-state index in [1.165, 1.54) is 29.2 Å². The van der Waals surface area contributed by atoms with Crippen molar-refractivity contribution in [1.29, 1.82) is 0 Å². The van der Waals surface area contributed by atoms with Crippen molar-refractivity contribution in [1.82, 2.24) is 10.2 Å². The van der Waals surface area contributed by atoms with Gasteiger partial charge in [-0.15, -0.1) is 0 Å². The molecule has 220 valence electrons. The summed E-state index contributed by atoms with van der Waals surface area (Å²) in [6, 6.07) is 19.1. The van der Waals surface area contributed by atoms with Gasteiger partial charge in [0.25, 0.3) is 10.0 Å². The van der Waals surface area contributed by atoms with Crippen molar-refractivity contribution < 1.29 is 22.7 Å². The maximum Gasteiger partial charge on any atom is 0.264 e. The van der Waals surface area contributed by atoms with Gasteiger partial charge in [-0.1, -0.05) is 60.5 Å². The fraction of sp³-hybridized carbons (Fsp3) is 0.355. The molecular formula is C31H38ClN3O5S. The van der Waals surface area contributed by atoms with E-state index >= 15 is 0 Å². The summed E-state index contributed by atoms with van der Waals surface area (Å²) in [6.07, 6.45) is 0.728. The van der Waals surface area contributed by atoms with Crippen LogP contribution >= 0.6 is 11.6 Å². The Morgan fingerprint density at radius 2 is 1.66 bits per heavy atom. The zero-order chi connectivity index (χ0) is 30.2. The number of amides is 2. The Bertz CT molecular complexity index is 1450. The number of nitrogens with one attached hydrogen (secondary N) is 1. The zero-order valence-electron chi connectivity index (χ0n) is 24.1. The van der Waals surface area contributed by atoms with E-state index in [0.29, 0.717) is 17.4 Å². The van der Waals surface area contributed by atoms with Crippen LogP contribution in [-0.4, -0.2) is 50.4 Å². The van der Waals surface area contributed by atoms with Gasteiger partial charge in [0.05, 0.1) is 17.2 Å². The summed E-state index contributed by atoms with van der Waals surface area (Å²) in [5, 5.41) is 3.32. The molecule has 0 aliphatic heterocycles. The van der Waals surface area contributed by atoms with E-state index in [9.17, 15) is 18.0 Å². The Morgan fingerprint density at radius 1 is 0.976 bits per heavy atom. The minimum atomic E-state index is -4.24. The van der Waals surface area contributed by atoms with Gasteiger partial charge in [0.1, 0.15) is 18.3 Å². The average molecular weight is 600 g/mol. The summed E-state index contributed by atoms with van der Waals surface area (Å²) < 4.78 is 34.8. The van der Waals surface area contributed by atoms with Crippen molar-refractivity contribution in [2.24, 2.45) is 0 Å². The molecule has 0 aliphatic carbocycles. The Kier molecular flexibility index (Phi) is 11.2. The minimum absolute atomic E-state index is 0.0335. The van der Waals surface area contributed by atoms with Crippen molar-refractivity contribution >= 4 is 39.1 Å². The zero-order valence-corrected chi connectivity index (χ0v) is 25.7. The van der Waals surface area contributed by atoms with Gasteiger partial charge in [-0.3, -0.25) is 13.9 Å². The van der Waals surface area contributed by atoms with E-state index in [2.05, 4.69) is 5.32 Å². The predicted octanol–water partition coefficient (Wildman–Crippen LogP) is 5.57. The molecule has 3 aromatic rings. The molecule has 41 heavy (non-hydrogen) atoms. The first kappa shape index (κ1) is 32.0. The van der Waals surface area contributed by atoms with E-state index in [4.69, 9.17) is 16.3 Å². The third kappa shape index (κ3) is 8.24. The molecule has 0 saturated carbocycles. The first-order chi connectivity index (χ1) is 19.5. The molecular weight excluding hydrogens is 562 g/mol. The molecule has 0 bridgehead atoms. The standard InChI is InChI=1S/C31H38ClN3O5S/c1-6-23(4)33-31(37)24(5)34(20-25-12-10-11-22(3)19-25)30(36)21-35(28-13-8-9-14-29(28)40-7-2)41(38,39)27-17-15-26(32)16-18-27/h8-19,23-24H,6-7,20-21H2,1-5H3,(H,33,37)/t23-,24+/m1/s1. The van der Waals surface area contributed by atoms with Gasteiger partial charge in [-0.05, 0) is 76.1 Å². The molecule has 0 fully saturated rings. The molecule has 10 heteroatoms. The molecule has 2 amide bonds. The number of carbonyl (C=O) groups excluding carboxylic acids is 2. The first-order valence-electron chi connectivity index (χ1n) is 13.6. The maximum atomic E-state index is 14.1. The van der Waals surface area contributed by atoms with Crippen LogP contribution in [0.2, 0.25) is 5.02 Å². The van der Waals surface area contributed by atoms with Crippen molar-refractivity contribution in [2.75, 3.05) is 17.5 Å². The van der Waals surface area contributed by atoms with Crippen molar-refractivity contribution in [3.8, 4) is 5.75 Å². The molecule has 0 aliphatic rings. The highest BCUT2D eigenvalue weighted by Gasteiger charge is 2.34. The molecule has 0 radical (unpaired) electrons. The summed E-state index contributed by atoms with van der Waals surface area (Å²) >= 11 is 6.02. The van der Waals surface area contributed by atoms with Crippen molar-refractivity contribution in [3.05, 3.63) is 88.9 Å². The number of carbonyl (C=O) groups is 2. The Labute approximate surface area is 248 Å². The van der Waals surface area contributed by atoms with E-state index in [0.717, 1.165) is 21.9 Å². The number of benzene rings is 3. The quantitative estimate of drug-likeness (QED) is 0.277. The molecule has 0 spiro atoms. The van der Waals surface area contributed by atoms with E-state index in [-0.39, 0.29) is 29.1 Å². The number of hydrogen-bond acceptors (Lipinski definition) is 5. The number of ether oxygens (including phenoxy) is 1. The summed E-state index contributed by atoms with van der Waals surface area (Å²) in [7, 11) is -4.24. The van der Waals surface area contributed by atoms with Gasteiger partial charge in [0, 0.05) is 17.6 Å². The highest BCUT2D eigenvalue weighted by atomic mass is 35.5. The third-order valence-electron chi connectivity index (χ3n) is 6.72. The lowest BCUT2D eigenvalue weighted by Gasteiger charge is -2.33. The normalized spacial score (nSPS) is 12.7. The SMILES string of the molecule is CCOc1ccccc1N(CC(=O)N(Cc1cccc(C)c1)[C@@H](C)C(=O)N[C@H](C)CC)S(=O)(=O)c1ccc(Cl)cc1. The molecule has 2 atom stereocenters. The smallest absolute Gasteiger partial charge is 0.264 e. The lowest BCUT2D eigenvalue weighted by atomic mass is 10.1. The molecule has 0 unspecified atom stereocenters. The Balaban J connectivity index is 2.08. The fourth-order valence-corrected chi connectivity index (χ4v) is 5.79. The van der Waals surface area contributed by atoms with Crippen molar-refractivity contribution in [3.63, 3.8) is 0 Å². The van der Waals surface area contributed by atoms with Crippen LogP contribution in [0.1, 0.15) is 45.2 Å². The van der Waals surface area contributed by atoms with Gasteiger partial charge in [0.15, 0.2) is 0 Å². The lowest BCUT2D eigenvalue weighted by Crippen LogP contribution is -2.52. The second-order valence-electron chi connectivity index (χ2n) is 9.87. The number of halogens is 1. The topological polar surface area (TPSA) is 96.0 Å². The van der Waals surface area contributed by atoms with Crippen LogP contribution < -0.4 is 14.4 Å². The first-order valence-corrected chi connectivity index (χ1v) is 15.4. The molecule has 8 nitrogen and oxygen atoms in total. The summed E-state index contributed by atoms with van der Waals surface area (Å²) in [5.74, 6) is -0.544. The molecule has 3 rings (SSSR count). The van der Waals surface area contributed by atoms with E-state index in [1.807, 2.05) is 45.0 Å². The minimum Gasteiger partial charge on any atom is -0.492 e. The van der Waals surface area contributed by atoms with Crippen LogP contribution in [-0.2, 0) is 26.2 Å². The highest BCUT2D eigenvalue weighted by molar-refractivity contribution is 7.92. The van der Waals surface area contributed by atoms with Crippen LogP contribution in [0.3, 0.4) is 0 Å². The summed E-state index contributed by atoms with van der Waals surface area (Å²) in [4.78, 5) is 28.7. The molecule has 0 heterocycles. The largest absolute Gasteiger partial charge is 0.492 e. The molecule has 0 aromatic heterocycles. The predicted molar refractivity (Wildman–Crippen MR) is 163 cm³/mol. The second kappa shape index (κ2) is 14.4. The van der Waals surface area contributed by atoms with Crippen LogP contribution in [0.4, 0.5) is 5.69 Å². The van der Waals surface area contributed by atoms with Crippen LogP contribution in [0.25, 0.3) is 0 Å². The number of aryl methyl sites for hydroxylation is 1. The number of hydrogen-bond donors (Lipinski definition) is 1. The second-order valence-corrected chi connectivity index (χ2v) is 12.2. The number of para-hydroxylation sites is 2. The third-order valence-corrected chi connectivity index (χ3v) is 8.74. The van der Waals surface area contributed by atoms with Crippen LogP contribution in [0, 0.1) is 6.92 Å². The van der Waals surface area contributed by atoms with E-state index in [1.54, 1.807) is 38.1 Å². The molecule has 1 N–H and O–H groups in total. The molecule has 3 aromatic carbocycles. The summed E-state index contributed by atoms with van der Waals surface area (Å²) in [5.41, 5.74) is 2.04. The van der Waals surface area contributed by atoms with Gasteiger partial charge in [-0.25, -0.2) is 8.42 Å². The molecule has 0 saturated heterocycles. The number of sulfonamides is 1. The lowest BCUT2D eigenvalue weighted by molar-refractivity contribution is -0.139. The number of nitrogens with zero attached hydrogens (tertiary/aromatic N) is 2. The Morgan fingerprint density at radius 3 is 2.29 bits per heavy atom. The van der Waals surface area contributed by atoms with Crippen molar-refractivity contribution in [2.45, 2.75) is 64.6 Å². The number of rotatable bonds is 13.